The topological polar surface area (TPSA) is 103 Å². The van der Waals surface area contributed by atoms with E-state index in [4.69, 9.17) is 5.73 Å². The number of nitrogens with zero attached hydrogens (tertiary/aromatic N) is 3. The van der Waals surface area contributed by atoms with E-state index in [1.807, 2.05) is 32.0 Å². The number of nitrogens with one attached hydrogen (secondary N) is 1. The number of hydrogen-bond donors (Lipinski definition) is 2. The van der Waals surface area contributed by atoms with E-state index in [2.05, 4.69) is 15.4 Å². The summed E-state index contributed by atoms with van der Waals surface area (Å²) < 4.78 is 1.39. The normalized spacial score (nSPS) is 10.8. The van der Waals surface area contributed by atoms with E-state index in [-0.39, 0.29) is 5.56 Å². The highest BCUT2D eigenvalue weighted by atomic mass is 16.1. The Morgan fingerprint density at radius 3 is 2.80 bits per heavy atom. The Morgan fingerprint density at radius 2 is 2.04 bits per heavy atom. The molecule has 0 spiro atoms. The molecule has 0 aliphatic rings. The van der Waals surface area contributed by atoms with Crippen molar-refractivity contribution in [3.8, 4) is 0 Å². The lowest BCUT2D eigenvalue weighted by atomic mass is 10.1. The van der Waals surface area contributed by atoms with Gasteiger partial charge < -0.3 is 11.1 Å². The van der Waals surface area contributed by atoms with Crippen LogP contribution in [0.5, 0.6) is 0 Å². The van der Waals surface area contributed by atoms with Crippen molar-refractivity contribution in [2.24, 2.45) is 5.73 Å². The first kappa shape index (κ1) is 16.6. The monoisotopic (exact) mass is 337 g/mol. The van der Waals surface area contributed by atoms with Crippen molar-refractivity contribution in [2.75, 3.05) is 11.9 Å². The first-order valence-electron chi connectivity index (χ1n) is 7.94. The summed E-state index contributed by atoms with van der Waals surface area (Å²) >= 11 is 0. The van der Waals surface area contributed by atoms with E-state index in [1.165, 1.54) is 4.68 Å². The highest BCUT2D eigenvalue weighted by Crippen LogP contribution is 2.16. The van der Waals surface area contributed by atoms with Crippen LogP contribution in [0.1, 0.15) is 21.6 Å². The molecule has 0 atom stereocenters. The molecule has 0 aliphatic heterocycles. The number of aryl methyl sites for hydroxylation is 2. The number of primary amides is 1. The van der Waals surface area contributed by atoms with Crippen LogP contribution >= 0.6 is 0 Å². The summed E-state index contributed by atoms with van der Waals surface area (Å²) in [5.74, 6) is -0.122. The Labute approximate surface area is 144 Å². The average molecular weight is 337 g/mol. The second kappa shape index (κ2) is 6.72. The number of fused-ring (bicyclic) bond motifs is 1. The van der Waals surface area contributed by atoms with Crippen LogP contribution in [0, 0.1) is 13.8 Å². The number of rotatable bonds is 5. The Bertz CT molecular complexity index is 1010. The number of amides is 1. The van der Waals surface area contributed by atoms with Gasteiger partial charge in [0.1, 0.15) is 5.82 Å². The van der Waals surface area contributed by atoms with Crippen molar-refractivity contribution in [1.82, 2.24) is 14.8 Å². The molecule has 0 saturated heterocycles. The lowest BCUT2D eigenvalue weighted by Gasteiger charge is -2.12. The lowest BCUT2D eigenvalue weighted by Crippen LogP contribution is -2.27. The number of aromatic nitrogens is 3. The van der Waals surface area contributed by atoms with Gasteiger partial charge in [0, 0.05) is 17.6 Å². The highest BCUT2D eigenvalue weighted by molar-refractivity contribution is 5.97. The van der Waals surface area contributed by atoms with E-state index in [1.54, 1.807) is 18.3 Å². The molecular formula is C18H19N5O2. The van der Waals surface area contributed by atoms with Gasteiger partial charge in [0.15, 0.2) is 0 Å². The molecule has 0 bridgehead atoms. The van der Waals surface area contributed by atoms with E-state index in [0.717, 1.165) is 16.6 Å². The van der Waals surface area contributed by atoms with Crippen molar-refractivity contribution in [3.63, 3.8) is 0 Å². The zero-order valence-corrected chi connectivity index (χ0v) is 14.1. The van der Waals surface area contributed by atoms with E-state index in [9.17, 15) is 9.59 Å². The van der Waals surface area contributed by atoms with Gasteiger partial charge in [0.25, 0.3) is 11.5 Å². The Kier molecular flexibility index (Phi) is 4.47. The highest BCUT2D eigenvalue weighted by Gasteiger charge is 2.12. The SMILES string of the molecule is Cc1cc(C(N)=O)c(NCCn2ncc3ccccc3c2=O)nc1C. The van der Waals surface area contributed by atoms with Gasteiger partial charge in [-0.3, -0.25) is 9.59 Å². The summed E-state index contributed by atoms with van der Waals surface area (Å²) in [6.45, 7) is 4.47. The quantitative estimate of drug-likeness (QED) is 0.736. The fourth-order valence-electron chi connectivity index (χ4n) is 2.60. The molecule has 1 aromatic carbocycles. The van der Waals surface area contributed by atoms with Crippen LogP contribution in [-0.4, -0.2) is 27.2 Å². The fourth-order valence-corrected chi connectivity index (χ4v) is 2.60. The molecule has 0 fully saturated rings. The number of carbonyl (C=O) groups excluding carboxylic acids is 1. The van der Waals surface area contributed by atoms with Crippen LogP contribution in [-0.2, 0) is 6.54 Å². The fraction of sp³-hybridized carbons (Fsp3) is 0.222. The molecule has 3 N–H and O–H groups in total. The molecule has 128 valence electrons. The predicted molar refractivity (Wildman–Crippen MR) is 96.7 cm³/mol. The molecule has 7 heteroatoms. The first-order valence-corrected chi connectivity index (χ1v) is 7.94. The summed E-state index contributed by atoms with van der Waals surface area (Å²) in [5.41, 5.74) is 7.31. The van der Waals surface area contributed by atoms with Crippen molar-refractivity contribution in [3.05, 3.63) is 63.7 Å². The molecule has 25 heavy (non-hydrogen) atoms. The minimum atomic E-state index is -0.543. The Balaban J connectivity index is 1.80. The van der Waals surface area contributed by atoms with Gasteiger partial charge in [0.05, 0.1) is 23.7 Å². The smallest absolute Gasteiger partial charge is 0.274 e. The molecule has 0 saturated carbocycles. The van der Waals surface area contributed by atoms with Gasteiger partial charge in [-0.15, -0.1) is 0 Å². The standard InChI is InChI=1S/C18H19N5O2/c1-11-9-15(16(19)24)17(22-12(11)2)20-7-8-23-18(25)14-6-4-3-5-13(14)10-21-23/h3-6,9-10H,7-8H2,1-2H3,(H2,19,24)(H,20,22). The number of pyridine rings is 1. The van der Waals surface area contributed by atoms with Crippen LogP contribution in [0.25, 0.3) is 10.8 Å². The molecule has 0 radical (unpaired) electrons. The van der Waals surface area contributed by atoms with Gasteiger partial charge in [-0.05, 0) is 31.5 Å². The van der Waals surface area contributed by atoms with Crippen LogP contribution < -0.4 is 16.6 Å². The van der Waals surface area contributed by atoms with Gasteiger partial charge >= 0.3 is 0 Å². The third-order valence-electron chi connectivity index (χ3n) is 4.11. The minimum Gasteiger partial charge on any atom is -0.368 e. The van der Waals surface area contributed by atoms with Crippen molar-refractivity contribution >= 4 is 22.5 Å². The number of hydrogen-bond acceptors (Lipinski definition) is 5. The van der Waals surface area contributed by atoms with Crippen LogP contribution in [0.3, 0.4) is 0 Å². The average Bonchev–Trinajstić information content (AvgIpc) is 2.59. The summed E-state index contributed by atoms with van der Waals surface area (Å²) in [4.78, 5) is 28.4. The van der Waals surface area contributed by atoms with Gasteiger partial charge in [-0.1, -0.05) is 18.2 Å². The Morgan fingerprint density at radius 1 is 1.28 bits per heavy atom. The van der Waals surface area contributed by atoms with Crippen molar-refractivity contribution in [2.45, 2.75) is 20.4 Å². The van der Waals surface area contributed by atoms with Crippen molar-refractivity contribution in [1.29, 1.82) is 0 Å². The minimum absolute atomic E-state index is 0.150. The maximum Gasteiger partial charge on any atom is 0.274 e. The summed E-state index contributed by atoms with van der Waals surface area (Å²) in [5, 5.41) is 8.69. The summed E-state index contributed by atoms with van der Waals surface area (Å²) in [6.07, 6.45) is 1.67. The molecule has 2 aromatic heterocycles. The van der Waals surface area contributed by atoms with E-state index in [0.29, 0.717) is 29.9 Å². The van der Waals surface area contributed by atoms with E-state index < -0.39 is 5.91 Å². The molecule has 1 amide bonds. The molecule has 3 aromatic rings. The molecular weight excluding hydrogens is 318 g/mol. The predicted octanol–water partition coefficient (Wildman–Crippen LogP) is 1.62. The third kappa shape index (κ3) is 3.35. The second-order valence-electron chi connectivity index (χ2n) is 5.84. The number of anilines is 1. The van der Waals surface area contributed by atoms with Gasteiger partial charge in [-0.25, -0.2) is 9.67 Å². The number of nitrogens with two attached hydrogens (primary N) is 1. The molecule has 3 rings (SSSR count). The van der Waals surface area contributed by atoms with Gasteiger partial charge in [0.2, 0.25) is 0 Å². The molecule has 0 aliphatic carbocycles. The number of carbonyl (C=O) groups is 1. The molecule has 0 unspecified atom stereocenters. The largest absolute Gasteiger partial charge is 0.368 e. The zero-order valence-electron chi connectivity index (χ0n) is 14.1. The van der Waals surface area contributed by atoms with Crippen LogP contribution in [0.2, 0.25) is 0 Å². The first-order chi connectivity index (χ1) is 12.0. The lowest BCUT2D eigenvalue weighted by molar-refractivity contribution is 0.100. The molecule has 2 heterocycles. The Hall–Kier alpha value is -3.22. The maximum absolute atomic E-state index is 12.4. The second-order valence-corrected chi connectivity index (χ2v) is 5.84. The van der Waals surface area contributed by atoms with Crippen LogP contribution in [0.4, 0.5) is 5.82 Å². The summed E-state index contributed by atoms with van der Waals surface area (Å²) in [6, 6.07) is 9.04. The van der Waals surface area contributed by atoms with Gasteiger partial charge in [-0.2, -0.15) is 5.10 Å². The zero-order chi connectivity index (χ0) is 18.0. The molecule has 7 nitrogen and oxygen atoms in total. The van der Waals surface area contributed by atoms with Crippen LogP contribution in [0.15, 0.2) is 41.3 Å². The van der Waals surface area contributed by atoms with Crippen molar-refractivity contribution < 1.29 is 4.79 Å². The number of benzene rings is 1. The summed E-state index contributed by atoms with van der Waals surface area (Å²) in [7, 11) is 0. The third-order valence-corrected chi connectivity index (χ3v) is 4.11. The maximum atomic E-state index is 12.4. The van der Waals surface area contributed by atoms with E-state index >= 15 is 0 Å².